The molecule has 2 rings (SSSR count). The molecule has 1 aromatic rings. The van der Waals surface area contributed by atoms with Crippen LogP contribution in [0.15, 0.2) is 22.7 Å². The standard InChI is InChI=1S/C15H21BrN2O3/c16-15-13(6-3-7-14(15)18(19)20)10-21-9-12-5-2-1-4-11(12)8-17/h3,6-7,11-12H,1-2,4-5,8-10,17H2. The molecule has 2 N–H and O–H groups in total. The molecule has 2 unspecified atom stereocenters. The topological polar surface area (TPSA) is 78.4 Å². The summed E-state index contributed by atoms with van der Waals surface area (Å²) in [7, 11) is 0. The number of nitro benzene ring substituents is 1. The van der Waals surface area contributed by atoms with Crippen molar-refractivity contribution in [1.82, 2.24) is 0 Å². The lowest BCUT2D eigenvalue weighted by molar-refractivity contribution is -0.385. The van der Waals surface area contributed by atoms with E-state index < -0.39 is 0 Å². The lowest BCUT2D eigenvalue weighted by atomic mass is 9.80. The maximum atomic E-state index is 10.9. The molecule has 1 aliphatic carbocycles. The largest absolute Gasteiger partial charge is 0.376 e. The molecule has 0 spiro atoms. The van der Waals surface area contributed by atoms with Crippen molar-refractivity contribution in [3.8, 4) is 0 Å². The second-order valence-corrected chi connectivity index (χ2v) is 6.36. The Labute approximate surface area is 133 Å². The van der Waals surface area contributed by atoms with E-state index in [-0.39, 0.29) is 10.6 Å². The lowest BCUT2D eigenvalue weighted by Crippen LogP contribution is -2.29. The summed E-state index contributed by atoms with van der Waals surface area (Å²) in [5, 5.41) is 10.9. The van der Waals surface area contributed by atoms with E-state index in [4.69, 9.17) is 10.5 Å². The summed E-state index contributed by atoms with van der Waals surface area (Å²) in [6.07, 6.45) is 4.85. The van der Waals surface area contributed by atoms with Gasteiger partial charge < -0.3 is 10.5 Å². The molecule has 1 saturated carbocycles. The van der Waals surface area contributed by atoms with Crippen molar-refractivity contribution in [3.63, 3.8) is 0 Å². The van der Waals surface area contributed by atoms with Crippen molar-refractivity contribution in [1.29, 1.82) is 0 Å². The number of hydrogen-bond donors (Lipinski definition) is 1. The van der Waals surface area contributed by atoms with Crippen LogP contribution < -0.4 is 5.73 Å². The molecule has 0 radical (unpaired) electrons. The third kappa shape index (κ3) is 4.25. The first-order valence-electron chi connectivity index (χ1n) is 7.33. The third-order valence-electron chi connectivity index (χ3n) is 4.21. The van der Waals surface area contributed by atoms with Gasteiger partial charge in [-0.05, 0) is 52.7 Å². The molecule has 5 nitrogen and oxygen atoms in total. The van der Waals surface area contributed by atoms with Crippen LogP contribution in [-0.4, -0.2) is 18.1 Å². The number of nitrogens with two attached hydrogens (primary N) is 1. The first-order valence-corrected chi connectivity index (χ1v) is 8.12. The fourth-order valence-corrected chi connectivity index (χ4v) is 3.48. The summed E-state index contributed by atoms with van der Waals surface area (Å²) < 4.78 is 6.31. The van der Waals surface area contributed by atoms with Crippen LogP contribution in [0.25, 0.3) is 0 Å². The summed E-state index contributed by atoms with van der Waals surface area (Å²) in [6, 6.07) is 5.02. The number of nitrogens with zero attached hydrogens (tertiary/aromatic N) is 1. The van der Waals surface area contributed by atoms with Crippen LogP contribution >= 0.6 is 15.9 Å². The fraction of sp³-hybridized carbons (Fsp3) is 0.600. The average molecular weight is 357 g/mol. The fourth-order valence-electron chi connectivity index (χ4n) is 2.95. The molecule has 0 amide bonds. The van der Waals surface area contributed by atoms with Crippen molar-refractivity contribution >= 4 is 21.6 Å². The molecule has 0 aliphatic heterocycles. The van der Waals surface area contributed by atoms with Gasteiger partial charge in [-0.2, -0.15) is 0 Å². The van der Waals surface area contributed by atoms with Gasteiger partial charge in [-0.25, -0.2) is 0 Å². The van der Waals surface area contributed by atoms with Crippen molar-refractivity contribution in [2.24, 2.45) is 17.6 Å². The Bertz CT molecular complexity index is 496. The van der Waals surface area contributed by atoms with Gasteiger partial charge in [-0.1, -0.05) is 25.0 Å². The van der Waals surface area contributed by atoms with E-state index in [1.807, 2.05) is 6.07 Å². The lowest BCUT2D eigenvalue weighted by Gasteiger charge is -2.30. The zero-order chi connectivity index (χ0) is 15.2. The Balaban J connectivity index is 1.91. The molecule has 0 bridgehead atoms. The van der Waals surface area contributed by atoms with Crippen molar-refractivity contribution in [2.45, 2.75) is 32.3 Å². The molecule has 1 fully saturated rings. The number of halogens is 1. The zero-order valence-corrected chi connectivity index (χ0v) is 13.5. The number of nitro groups is 1. The molecule has 0 saturated heterocycles. The highest BCUT2D eigenvalue weighted by atomic mass is 79.9. The van der Waals surface area contributed by atoms with E-state index in [0.717, 1.165) is 12.0 Å². The Morgan fingerprint density at radius 2 is 2.05 bits per heavy atom. The minimum atomic E-state index is -0.390. The smallest absolute Gasteiger partial charge is 0.283 e. The third-order valence-corrected chi connectivity index (χ3v) is 5.13. The molecule has 2 atom stereocenters. The molecule has 1 aromatic carbocycles. The first kappa shape index (κ1) is 16.4. The van der Waals surface area contributed by atoms with Gasteiger partial charge in [0.05, 0.1) is 18.1 Å². The normalized spacial score (nSPS) is 22.2. The van der Waals surface area contributed by atoms with Gasteiger partial charge in [0.2, 0.25) is 0 Å². The Kier molecular flexibility index (Phi) is 6.14. The SMILES string of the molecule is NCC1CCCCC1COCc1cccc([N+](=O)[O-])c1Br. The van der Waals surface area contributed by atoms with Crippen LogP contribution in [0.3, 0.4) is 0 Å². The zero-order valence-electron chi connectivity index (χ0n) is 12.0. The average Bonchev–Trinajstić information content (AvgIpc) is 2.49. The minimum absolute atomic E-state index is 0.0774. The molecule has 1 aliphatic rings. The summed E-state index contributed by atoms with van der Waals surface area (Å²) in [5.41, 5.74) is 6.70. The summed E-state index contributed by atoms with van der Waals surface area (Å²) in [4.78, 5) is 10.5. The molecule has 6 heteroatoms. The van der Waals surface area contributed by atoms with Gasteiger partial charge in [-0.3, -0.25) is 10.1 Å². The quantitative estimate of drug-likeness (QED) is 0.623. The van der Waals surface area contributed by atoms with Gasteiger partial charge >= 0.3 is 0 Å². The van der Waals surface area contributed by atoms with Gasteiger partial charge in [-0.15, -0.1) is 0 Å². The number of benzene rings is 1. The molecule has 0 aromatic heterocycles. The number of rotatable bonds is 6. The maximum absolute atomic E-state index is 10.9. The highest BCUT2D eigenvalue weighted by molar-refractivity contribution is 9.10. The second-order valence-electron chi connectivity index (χ2n) is 5.56. The molecule has 21 heavy (non-hydrogen) atoms. The van der Waals surface area contributed by atoms with Gasteiger partial charge in [0.15, 0.2) is 0 Å². The van der Waals surface area contributed by atoms with Gasteiger partial charge in [0.1, 0.15) is 4.47 Å². The summed E-state index contributed by atoms with van der Waals surface area (Å²) >= 11 is 3.29. The Hall–Kier alpha value is -0.980. The first-order chi connectivity index (χ1) is 10.1. The Morgan fingerprint density at radius 3 is 2.71 bits per heavy atom. The monoisotopic (exact) mass is 356 g/mol. The highest BCUT2D eigenvalue weighted by Gasteiger charge is 2.24. The minimum Gasteiger partial charge on any atom is -0.376 e. The number of hydrogen-bond acceptors (Lipinski definition) is 4. The van der Waals surface area contributed by atoms with Crippen molar-refractivity contribution in [3.05, 3.63) is 38.3 Å². The van der Waals surface area contributed by atoms with E-state index in [0.29, 0.717) is 36.1 Å². The van der Waals surface area contributed by atoms with Crippen LogP contribution in [0, 0.1) is 22.0 Å². The van der Waals surface area contributed by atoms with Crippen molar-refractivity contribution in [2.75, 3.05) is 13.2 Å². The molecule has 0 heterocycles. The second kappa shape index (κ2) is 7.87. The predicted octanol–water partition coefficient (Wildman–Crippen LogP) is 3.64. The predicted molar refractivity (Wildman–Crippen MR) is 85.0 cm³/mol. The van der Waals surface area contributed by atoms with Crippen LogP contribution in [0.2, 0.25) is 0 Å². The van der Waals surface area contributed by atoms with Gasteiger partial charge in [0, 0.05) is 6.07 Å². The van der Waals surface area contributed by atoms with Crippen LogP contribution in [0.1, 0.15) is 31.2 Å². The van der Waals surface area contributed by atoms with E-state index in [2.05, 4.69) is 15.9 Å². The van der Waals surface area contributed by atoms with E-state index in [1.165, 1.54) is 25.3 Å². The van der Waals surface area contributed by atoms with E-state index in [9.17, 15) is 10.1 Å². The molecule has 116 valence electrons. The number of ether oxygens (including phenoxy) is 1. The summed E-state index contributed by atoms with van der Waals surface area (Å²) in [6.45, 7) is 1.78. The van der Waals surface area contributed by atoms with E-state index >= 15 is 0 Å². The van der Waals surface area contributed by atoms with Gasteiger partial charge in [0.25, 0.3) is 5.69 Å². The Morgan fingerprint density at radius 1 is 1.33 bits per heavy atom. The van der Waals surface area contributed by atoms with Crippen LogP contribution in [-0.2, 0) is 11.3 Å². The highest BCUT2D eigenvalue weighted by Crippen LogP contribution is 2.31. The maximum Gasteiger partial charge on any atom is 0.283 e. The molecular weight excluding hydrogens is 336 g/mol. The van der Waals surface area contributed by atoms with Crippen molar-refractivity contribution < 1.29 is 9.66 Å². The van der Waals surface area contributed by atoms with Crippen LogP contribution in [0.5, 0.6) is 0 Å². The van der Waals surface area contributed by atoms with E-state index in [1.54, 1.807) is 6.07 Å². The van der Waals surface area contributed by atoms with Crippen LogP contribution in [0.4, 0.5) is 5.69 Å². The molecular formula is C15H21BrN2O3. The summed E-state index contributed by atoms with van der Waals surface area (Å²) in [5.74, 6) is 1.06.